The van der Waals surface area contributed by atoms with Crippen LogP contribution >= 0.6 is 0 Å². The van der Waals surface area contributed by atoms with Gasteiger partial charge in [0, 0.05) is 18.3 Å². The molecule has 1 N–H and O–H groups in total. The van der Waals surface area contributed by atoms with Gasteiger partial charge in [0.15, 0.2) is 0 Å². The highest BCUT2D eigenvalue weighted by Gasteiger charge is 2.27. The van der Waals surface area contributed by atoms with E-state index in [1.54, 1.807) is 0 Å². The lowest BCUT2D eigenvalue weighted by Gasteiger charge is -2.34. The monoisotopic (exact) mass is 273 g/mol. The maximum atomic E-state index is 6.04. The molecular weight excluding hydrogens is 246 g/mol. The van der Waals surface area contributed by atoms with Crippen LogP contribution in [0.2, 0.25) is 0 Å². The predicted octanol–water partition coefficient (Wildman–Crippen LogP) is 4.64. The topological polar surface area (TPSA) is 21.3 Å². The lowest BCUT2D eigenvalue weighted by Crippen LogP contribution is -2.24. The first-order valence-corrected chi connectivity index (χ1v) is 8.12. The number of fused-ring (bicyclic) bond motifs is 1. The Morgan fingerprint density at radius 3 is 2.85 bits per heavy atom. The molecule has 0 saturated heterocycles. The van der Waals surface area contributed by atoms with Gasteiger partial charge in [-0.1, -0.05) is 19.9 Å². The fraction of sp³-hybridized carbons (Fsp3) is 0.667. The average Bonchev–Trinajstić information content (AvgIpc) is 2.46. The third-order valence-corrected chi connectivity index (χ3v) is 4.96. The minimum atomic E-state index is 0.548. The van der Waals surface area contributed by atoms with E-state index in [0.29, 0.717) is 5.41 Å². The van der Waals surface area contributed by atoms with Gasteiger partial charge >= 0.3 is 0 Å². The maximum Gasteiger partial charge on any atom is 0.121 e. The second-order valence-corrected chi connectivity index (χ2v) is 7.27. The van der Waals surface area contributed by atoms with Crippen molar-refractivity contribution in [1.82, 2.24) is 0 Å². The van der Waals surface area contributed by atoms with Crippen molar-refractivity contribution in [2.45, 2.75) is 52.4 Å². The van der Waals surface area contributed by atoms with Gasteiger partial charge in [0.25, 0.3) is 0 Å². The quantitative estimate of drug-likeness (QED) is 0.866. The molecule has 0 radical (unpaired) electrons. The molecule has 110 valence electrons. The van der Waals surface area contributed by atoms with Gasteiger partial charge in [-0.3, -0.25) is 0 Å². The van der Waals surface area contributed by atoms with Crippen molar-refractivity contribution in [3.63, 3.8) is 0 Å². The number of rotatable bonds is 3. The van der Waals surface area contributed by atoms with Crippen molar-refractivity contribution in [2.75, 3.05) is 18.5 Å². The van der Waals surface area contributed by atoms with Gasteiger partial charge in [0.1, 0.15) is 5.75 Å². The molecule has 20 heavy (non-hydrogen) atoms. The SMILES string of the molecule is CC1(C)CCC(COc2ccc3c(c2)NCCC3)CC1. The minimum absolute atomic E-state index is 0.548. The van der Waals surface area contributed by atoms with Gasteiger partial charge in [-0.25, -0.2) is 0 Å². The molecule has 2 aliphatic rings. The van der Waals surface area contributed by atoms with E-state index in [-0.39, 0.29) is 0 Å². The molecule has 0 aromatic heterocycles. The summed E-state index contributed by atoms with van der Waals surface area (Å²) in [6.45, 7) is 6.75. The van der Waals surface area contributed by atoms with Crippen LogP contribution in [0.15, 0.2) is 18.2 Å². The van der Waals surface area contributed by atoms with Crippen molar-refractivity contribution in [3.8, 4) is 5.75 Å². The standard InChI is InChI=1S/C18H27NO/c1-18(2)9-7-14(8-10-18)13-20-16-6-5-15-4-3-11-19-17(15)12-16/h5-6,12,14,19H,3-4,7-11,13H2,1-2H3. The molecule has 1 aromatic rings. The van der Waals surface area contributed by atoms with Crippen molar-refractivity contribution >= 4 is 5.69 Å². The molecule has 0 amide bonds. The molecule has 1 saturated carbocycles. The van der Waals surface area contributed by atoms with Gasteiger partial charge in [0.05, 0.1) is 6.61 Å². The van der Waals surface area contributed by atoms with E-state index < -0.39 is 0 Å². The van der Waals surface area contributed by atoms with Gasteiger partial charge in [-0.05, 0) is 61.5 Å². The number of nitrogens with one attached hydrogen (secondary N) is 1. The van der Waals surface area contributed by atoms with Crippen molar-refractivity contribution in [3.05, 3.63) is 23.8 Å². The van der Waals surface area contributed by atoms with Crippen molar-refractivity contribution in [1.29, 1.82) is 0 Å². The molecule has 1 heterocycles. The Kier molecular flexibility index (Phi) is 3.91. The molecule has 1 aromatic carbocycles. The lowest BCUT2D eigenvalue weighted by atomic mass is 9.73. The molecule has 3 rings (SSSR count). The van der Waals surface area contributed by atoms with Crippen LogP contribution in [0.4, 0.5) is 5.69 Å². The summed E-state index contributed by atoms with van der Waals surface area (Å²) < 4.78 is 6.04. The van der Waals surface area contributed by atoms with E-state index in [4.69, 9.17) is 4.74 Å². The molecule has 1 aliphatic heterocycles. The first-order valence-electron chi connectivity index (χ1n) is 8.12. The molecule has 0 atom stereocenters. The number of hydrogen-bond donors (Lipinski definition) is 1. The largest absolute Gasteiger partial charge is 0.493 e. The number of hydrogen-bond acceptors (Lipinski definition) is 2. The van der Waals surface area contributed by atoms with Gasteiger partial charge < -0.3 is 10.1 Å². The zero-order valence-corrected chi connectivity index (χ0v) is 12.9. The van der Waals surface area contributed by atoms with Crippen molar-refractivity contribution in [2.24, 2.45) is 11.3 Å². The van der Waals surface area contributed by atoms with E-state index in [1.165, 1.54) is 49.8 Å². The normalized spacial score (nSPS) is 21.9. The zero-order chi connectivity index (χ0) is 14.0. The Hall–Kier alpha value is -1.18. The zero-order valence-electron chi connectivity index (χ0n) is 12.9. The highest BCUT2D eigenvalue weighted by Crippen LogP contribution is 2.38. The number of benzene rings is 1. The van der Waals surface area contributed by atoms with Gasteiger partial charge in [0.2, 0.25) is 0 Å². The van der Waals surface area contributed by atoms with Crippen LogP contribution in [0.1, 0.15) is 51.5 Å². The smallest absolute Gasteiger partial charge is 0.121 e. The van der Waals surface area contributed by atoms with Gasteiger partial charge in [-0.2, -0.15) is 0 Å². The fourth-order valence-electron chi connectivity index (χ4n) is 3.37. The minimum Gasteiger partial charge on any atom is -0.493 e. The second kappa shape index (κ2) is 5.67. The second-order valence-electron chi connectivity index (χ2n) is 7.27. The summed E-state index contributed by atoms with van der Waals surface area (Å²) in [7, 11) is 0. The fourth-order valence-corrected chi connectivity index (χ4v) is 3.37. The molecule has 0 unspecified atom stereocenters. The number of ether oxygens (including phenoxy) is 1. The van der Waals surface area contributed by atoms with Crippen molar-refractivity contribution < 1.29 is 4.74 Å². The molecular formula is C18H27NO. The summed E-state index contributed by atoms with van der Waals surface area (Å²) in [5.41, 5.74) is 3.26. The van der Waals surface area contributed by atoms with Crippen LogP contribution in [0.3, 0.4) is 0 Å². The van der Waals surface area contributed by atoms with Crippen LogP contribution in [0.25, 0.3) is 0 Å². The van der Waals surface area contributed by atoms with E-state index >= 15 is 0 Å². The summed E-state index contributed by atoms with van der Waals surface area (Å²) >= 11 is 0. The Morgan fingerprint density at radius 2 is 2.05 bits per heavy atom. The highest BCUT2D eigenvalue weighted by molar-refractivity contribution is 5.56. The first-order chi connectivity index (χ1) is 9.62. The summed E-state index contributed by atoms with van der Waals surface area (Å²) in [6.07, 6.45) is 7.75. The molecule has 0 spiro atoms. The van der Waals surface area contributed by atoms with E-state index in [1.807, 2.05) is 0 Å². The molecule has 1 fully saturated rings. The first kappa shape index (κ1) is 13.8. The Morgan fingerprint density at radius 1 is 1.25 bits per heavy atom. The number of anilines is 1. The highest BCUT2D eigenvalue weighted by atomic mass is 16.5. The molecule has 2 nitrogen and oxygen atoms in total. The summed E-state index contributed by atoms with van der Waals surface area (Å²) in [6, 6.07) is 6.54. The molecule has 0 bridgehead atoms. The lowest BCUT2D eigenvalue weighted by molar-refractivity contribution is 0.142. The van der Waals surface area contributed by atoms with E-state index in [2.05, 4.69) is 37.4 Å². The van der Waals surface area contributed by atoms with Gasteiger partial charge in [-0.15, -0.1) is 0 Å². The van der Waals surface area contributed by atoms with Crippen LogP contribution in [0.5, 0.6) is 5.75 Å². The third kappa shape index (κ3) is 3.28. The van der Waals surface area contributed by atoms with Crippen LogP contribution in [-0.4, -0.2) is 13.2 Å². The summed E-state index contributed by atoms with van der Waals surface area (Å²) in [4.78, 5) is 0. The maximum absolute atomic E-state index is 6.04. The molecule has 2 heteroatoms. The summed E-state index contributed by atoms with van der Waals surface area (Å²) in [5, 5.41) is 3.47. The number of aryl methyl sites for hydroxylation is 1. The average molecular weight is 273 g/mol. The van der Waals surface area contributed by atoms with E-state index in [9.17, 15) is 0 Å². The third-order valence-electron chi connectivity index (χ3n) is 4.96. The Balaban J connectivity index is 1.54. The summed E-state index contributed by atoms with van der Waals surface area (Å²) in [5.74, 6) is 1.77. The Bertz CT molecular complexity index is 456. The van der Waals surface area contributed by atoms with E-state index in [0.717, 1.165) is 24.8 Å². The van der Waals surface area contributed by atoms with Crippen LogP contribution in [-0.2, 0) is 6.42 Å². The van der Waals surface area contributed by atoms with Crippen LogP contribution < -0.4 is 10.1 Å². The molecule has 1 aliphatic carbocycles. The Labute approximate surface area is 122 Å². The van der Waals surface area contributed by atoms with Crippen LogP contribution in [0, 0.1) is 11.3 Å². The predicted molar refractivity (Wildman–Crippen MR) is 84.5 cm³/mol.